The molecule has 0 aliphatic heterocycles. The van der Waals surface area contributed by atoms with Crippen molar-refractivity contribution in [2.24, 2.45) is 5.92 Å². The van der Waals surface area contributed by atoms with E-state index in [0.29, 0.717) is 19.0 Å². The number of hydrogen-bond acceptors (Lipinski definition) is 3. The summed E-state index contributed by atoms with van der Waals surface area (Å²) in [5, 5.41) is 3.03. The fraction of sp³-hybridized carbons (Fsp3) is 0.286. The molecule has 2 amide bonds. The quantitative estimate of drug-likeness (QED) is 0.490. The first-order valence-electron chi connectivity index (χ1n) is 11.3. The highest BCUT2D eigenvalue weighted by atomic mass is 16.5. The zero-order valence-corrected chi connectivity index (χ0v) is 19.5. The second-order valence-corrected chi connectivity index (χ2v) is 8.48. The third kappa shape index (κ3) is 6.94. The van der Waals surface area contributed by atoms with E-state index in [2.05, 4.69) is 5.32 Å². The normalized spacial score (nSPS) is 11.6. The molecule has 33 heavy (non-hydrogen) atoms. The first-order valence-corrected chi connectivity index (χ1v) is 11.3. The van der Waals surface area contributed by atoms with E-state index in [-0.39, 0.29) is 18.2 Å². The minimum absolute atomic E-state index is 0.106. The monoisotopic (exact) mass is 444 g/mol. The lowest BCUT2D eigenvalue weighted by Gasteiger charge is -2.32. The highest BCUT2D eigenvalue weighted by Crippen LogP contribution is 2.25. The average molecular weight is 445 g/mol. The van der Waals surface area contributed by atoms with Crippen molar-refractivity contribution in [3.63, 3.8) is 0 Å². The Kier molecular flexibility index (Phi) is 8.64. The zero-order chi connectivity index (χ0) is 23.6. The summed E-state index contributed by atoms with van der Waals surface area (Å²) in [7, 11) is 1.62. The maximum atomic E-state index is 13.6. The molecule has 1 atom stereocenters. The molecule has 3 rings (SSSR count). The predicted molar refractivity (Wildman–Crippen MR) is 131 cm³/mol. The van der Waals surface area contributed by atoms with Gasteiger partial charge in [0.2, 0.25) is 11.8 Å². The van der Waals surface area contributed by atoms with Crippen molar-refractivity contribution < 1.29 is 14.3 Å². The van der Waals surface area contributed by atoms with Crippen LogP contribution in [-0.4, -0.2) is 30.4 Å². The summed E-state index contributed by atoms with van der Waals surface area (Å²) in [5.41, 5.74) is 2.63. The molecule has 172 valence electrons. The number of hydrogen-bond donors (Lipinski definition) is 1. The molecule has 1 N–H and O–H groups in total. The predicted octanol–water partition coefficient (Wildman–Crippen LogP) is 4.78. The van der Waals surface area contributed by atoms with E-state index in [1.165, 1.54) is 0 Å². The molecular weight excluding hydrogens is 412 g/mol. The average Bonchev–Trinajstić information content (AvgIpc) is 2.84. The molecule has 3 aromatic carbocycles. The molecule has 0 heterocycles. The van der Waals surface area contributed by atoms with Crippen molar-refractivity contribution in [2.75, 3.05) is 13.7 Å². The Morgan fingerprint density at radius 2 is 1.45 bits per heavy atom. The van der Waals surface area contributed by atoms with E-state index in [1.807, 2.05) is 98.8 Å². The van der Waals surface area contributed by atoms with Crippen LogP contribution in [0.5, 0.6) is 5.75 Å². The number of nitrogens with zero attached hydrogens (tertiary/aromatic N) is 1. The van der Waals surface area contributed by atoms with E-state index in [1.54, 1.807) is 12.0 Å². The first kappa shape index (κ1) is 24.1. The van der Waals surface area contributed by atoms with Gasteiger partial charge < -0.3 is 15.0 Å². The van der Waals surface area contributed by atoms with Crippen LogP contribution >= 0.6 is 0 Å². The summed E-state index contributed by atoms with van der Waals surface area (Å²) in [6.07, 6.45) is 0.220. The Morgan fingerprint density at radius 3 is 2.03 bits per heavy atom. The van der Waals surface area contributed by atoms with Crippen molar-refractivity contribution in [2.45, 2.75) is 32.9 Å². The number of ether oxygens (including phenoxy) is 1. The smallest absolute Gasteiger partial charge is 0.247 e. The third-order valence-electron chi connectivity index (χ3n) is 5.39. The Labute approximate surface area is 196 Å². The van der Waals surface area contributed by atoms with E-state index in [0.717, 1.165) is 22.4 Å². The Bertz CT molecular complexity index is 1020. The van der Waals surface area contributed by atoms with E-state index < -0.39 is 6.04 Å². The van der Waals surface area contributed by atoms with Gasteiger partial charge in [-0.1, -0.05) is 86.6 Å². The molecule has 0 spiro atoms. The van der Waals surface area contributed by atoms with Crippen LogP contribution < -0.4 is 10.1 Å². The van der Waals surface area contributed by atoms with Crippen LogP contribution in [0.25, 0.3) is 0 Å². The SMILES string of the molecule is COc1ccc(CN(C(=O)Cc2ccccc2)[C@H](C(=O)NCC(C)C)c2ccccc2)cc1. The van der Waals surface area contributed by atoms with E-state index >= 15 is 0 Å². The summed E-state index contributed by atoms with van der Waals surface area (Å²) in [4.78, 5) is 28.7. The fourth-order valence-electron chi connectivity index (χ4n) is 3.63. The standard InChI is InChI=1S/C28H32N2O3/c1-21(2)19-29-28(32)27(24-12-8-5-9-13-24)30(20-23-14-16-25(33-3)17-15-23)26(31)18-22-10-6-4-7-11-22/h4-17,21,27H,18-20H2,1-3H3,(H,29,32)/t27-/m0/s1. The van der Waals surface area contributed by atoms with Gasteiger partial charge in [0, 0.05) is 13.1 Å². The lowest BCUT2D eigenvalue weighted by molar-refractivity contribution is -0.141. The summed E-state index contributed by atoms with van der Waals surface area (Å²) < 4.78 is 5.27. The zero-order valence-electron chi connectivity index (χ0n) is 19.5. The number of nitrogens with one attached hydrogen (secondary N) is 1. The third-order valence-corrected chi connectivity index (χ3v) is 5.39. The Hall–Kier alpha value is -3.60. The highest BCUT2D eigenvalue weighted by Gasteiger charge is 2.31. The summed E-state index contributed by atoms with van der Waals surface area (Å²) in [6, 6.07) is 26.0. The molecule has 0 saturated heterocycles. The summed E-state index contributed by atoms with van der Waals surface area (Å²) in [5.74, 6) is 0.769. The molecule has 0 aromatic heterocycles. The van der Waals surface area contributed by atoms with E-state index in [9.17, 15) is 9.59 Å². The van der Waals surface area contributed by atoms with Crippen LogP contribution in [0, 0.1) is 5.92 Å². The minimum atomic E-state index is -0.733. The Balaban J connectivity index is 1.97. The van der Waals surface area contributed by atoms with Gasteiger partial charge in [-0.15, -0.1) is 0 Å². The van der Waals surface area contributed by atoms with Crippen LogP contribution in [0.2, 0.25) is 0 Å². The number of carbonyl (C=O) groups excluding carboxylic acids is 2. The number of methoxy groups -OCH3 is 1. The van der Waals surface area contributed by atoms with Gasteiger partial charge in [0.05, 0.1) is 13.5 Å². The molecule has 0 radical (unpaired) electrons. The first-order chi connectivity index (χ1) is 16.0. The van der Waals surface area contributed by atoms with Crippen molar-refractivity contribution in [3.05, 3.63) is 102 Å². The number of rotatable bonds is 10. The van der Waals surface area contributed by atoms with Crippen LogP contribution in [0.15, 0.2) is 84.9 Å². The molecule has 5 nitrogen and oxygen atoms in total. The molecule has 0 aliphatic carbocycles. The fourth-order valence-corrected chi connectivity index (χ4v) is 3.63. The van der Waals surface area contributed by atoms with Crippen molar-refractivity contribution in [3.8, 4) is 5.75 Å². The molecule has 0 fully saturated rings. The number of amides is 2. The molecule has 3 aromatic rings. The molecule has 0 unspecified atom stereocenters. The summed E-state index contributed by atoms with van der Waals surface area (Å²) in [6.45, 7) is 4.96. The minimum Gasteiger partial charge on any atom is -0.497 e. The molecular formula is C28H32N2O3. The lowest BCUT2D eigenvalue weighted by atomic mass is 10.0. The van der Waals surface area contributed by atoms with Crippen molar-refractivity contribution in [1.29, 1.82) is 0 Å². The molecule has 0 aliphatic rings. The summed E-state index contributed by atoms with van der Waals surface area (Å²) >= 11 is 0. The maximum Gasteiger partial charge on any atom is 0.247 e. The van der Waals surface area contributed by atoms with Gasteiger partial charge >= 0.3 is 0 Å². The van der Waals surface area contributed by atoms with Crippen LogP contribution in [0.3, 0.4) is 0 Å². The van der Waals surface area contributed by atoms with Crippen LogP contribution in [0.1, 0.15) is 36.6 Å². The maximum absolute atomic E-state index is 13.6. The highest BCUT2D eigenvalue weighted by molar-refractivity contribution is 5.89. The van der Waals surface area contributed by atoms with Crippen LogP contribution in [-0.2, 0) is 22.6 Å². The van der Waals surface area contributed by atoms with Gasteiger partial charge in [-0.3, -0.25) is 9.59 Å². The van der Waals surface area contributed by atoms with Gasteiger partial charge in [0.15, 0.2) is 0 Å². The second-order valence-electron chi connectivity index (χ2n) is 8.48. The van der Waals surface area contributed by atoms with Gasteiger partial charge in [-0.05, 0) is 34.7 Å². The van der Waals surface area contributed by atoms with Gasteiger partial charge in [0.25, 0.3) is 0 Å². The lowest BCUT2D eigenvalue weighted by Crippen LogP contribution is -2.44. The van der Waals surface area contributed by atoms with Crippen molar-refractivity contribution >= 4 is 11.8 Å². The largest absolute Gasteiger partial charge is 0.497 e. The van der Waals surface area contributed by atoms with Crippen molar-refractivity contribution in [1.82, 2.24) is 10.2 Å². The Morgan fingerprint density at radius 1 is 0.848 bits per heavy atom. The van der Waals surface area contributed by atoms with Crippen LogP contribution in [0.4, 0.5) is 0 Å². The van der Waals surface area contributed by atoms with Gasteiger partial charge in [-0.2, -0.15) is 0 Å². The number of carbonyl (C=O) groups is 2. The molecule has 5 heteroatoms. The van der Waals surface area contributed by atoms with Gasteiger partial charge in [0.1, 0.15) is 11.8 Å². The number of benzene rings is 3. The van der Waals surface area contributed by atoms with Gasteiger partial charge in [-0.25, -0.2) is 0 Å². The second kappa shape index (κ2) is 11.9. The molecule has 0 saturated carbocycles. The molecule has 0 bridgehead atoms. The topological polar surface area (TPSA) is 58.6 Å². The van der Waals surface area contributed by atoms with E-state index in [4.69, 9.17) is 4.74 Å².